The predicted molar refractivity (Wildman–Crippen MR) is 78.1 cm³/mol. The first kappa shape index (κ1) is 13.5. The first-order valence-corrected chi connectivity index (χ1v) is 7.05. The quantitative estimate of drug-likeness (QED) is 0.571. The second-order valence-corrected chi connectivity index (χ2v) is 5.44. The molecule has 0 aromatic carbocycles. The van der Waals surface area contributed by atoms with Gasteiger partial charge in [-0.1, -0.05) is 0 Å². The smallest absolute Gasteiger partial charge is 0.284 e. The third-order valence-electron chi connectivity index (χ3n) is 2.92. The van der Waals surface area contributed by atoms with Crippen LogP contribution in [0, 0.1) is 0 Å². The van der Waals surface area contributed by atoms with E-state index in [-0.39, 0.29) is 0 Å². The molecule has 3 aromatic rings. The number of carbonyl (C=O) groups excluding carboxylic acids is 1. The van der Waals surface area contributed by atoms with Crippen LogP contribution in [-0.4, -0.2) is 25.9 Å². The lowest BCUT2D eigenvalue weighted by Gasteiger charge is -2.00. The van der Waals surface area contributed by atoms with Gasteiger partial charge in [-0.3, -0.25) is 19.7 Å². The van der Waals surface area contributed by atoms with E-state index < -0.39 is 5.91 Å². The number of aromatic nitrogens is 3. The van der Waals surface area contributed by atoms with Gasteiger partial charge in [0, 0.05) is 18.6 Å². The number of nitrogens with zero attached hydrogens (tertiary/aromatic N) is 3. The fourth-order valence-corrected chi connectivity index (χ4v) is 2.77. The molecule has 7 heteroatoms. The molecule has 106 valence electrons. The number of thiophene rings is 1. The Balaban J connectivity index is 1.78. The van der Waals surface area contributed by atoms with Gasteiger partial charge in [0.25, 0.3) is 5.91 Å². The molecule has 0 atom stereocenters. The number of carbonyl (C=O) groups is 1. The van der Waals surface area contributed by atoms with E-state index >= 15 is 0 Å². The van der Waals surface area contributed by atoms with Gasteiger partial charge in [0.05, 0.1) is 16.3 Å². The summed E-state index contributed by atoms with van der Waals surface area (Å²) in [5.41, 5.74) is 3.54. The van der Waals surface area contributed by atoms with Gasteiger partial charge in [0.2, 0.25) is 0 Å². The summed E-state index contributed by atoms with van der Waals surface area (Å²) in [6.07, 6.45) is 5.39. The summed E-state index contributed by atoms with van der Waals surface area (Å²) in [6, 6.07) is 9.25. The van der Waals surface area contributed by atoms with Crippen molar-refractivity contribution < 1.29 is 10.0 Å². The number of rotatable bonds is 4. The zero-order chi connectivity index (χ0) is 14.7. The highest BCUT2D eigenvalue weighted by atomic mass is 32.1. The maximum atomic E-state index is 11.3. The Morgan fingerprint density at radius 3 is 2.81 bits per heavy atom. The molecule has 3 rings (SSSR count). The average molecular weight is 300 g/mol. The zero-order valence-electron chi connectivity index (χ0n) is 10.9. The lowest BCUT2D eigenvalue weighted by atomic mass is 10.3. The second-order valence-electron chi connectivity index (χ2n) is 4.36. The van der Waals surface area contributed by atoms with Crippen LogP contribution in [0.4, 0.5) is 0 Å². The Labute approximate surface area is 124 Å². The van der Waals surface area contributed by atoms with Crippen molar-refractivity contribution in [2.45, 2.75) is 6.54 Å². The summed E-state index contributed by atoms with van der Waals surface area (Å²) in [6.45, 7) is 0.665. The van der Waals surface area contributed by atoms with Gasteiger partial charge in [0.15, 0.2) is 0 Å². The van der Waals surface area contributed by atoms with E-state index in [1.54, 1.807) is 23.9 Å². The standard InChI is InChI=1S/C14H12N4O2S/c19-14(17-20)13-2-1-12(21-13)11-5-8-18(16-11)9-10-3-6-15-7-4-10/h1-8,20H,9H2,(H,17,19). The van der Waals surface area contributed by atoms with Crippen molar-refractivity contribution >= 4 is 17.2 Å². The van der Waals surface area contributed by atoms with Gasteiger partial charge in [-0.25, -0.2) is 5.48 Å². The molecule has 0 radical (unpaired) electrons. The highest BCUT2D eigenvalue weighted by Crippen LogP contribution is 2.26. The molecule has 0 aliphatic rings. The highest BCUT2D eigenvalue weighted by molar-refractivity contribution is 7.17. The van der Waals surface area contributed by atoms with Gasteiger partial charge < -0.3 is 0 Å². The van der Waals surface area contributed by atoms with E-state index in [0.29, 0.717) is 11.4 Å². The molecule has 6 nitrogen and oxygen atoms in total. The molecule has 3 heterocycles. The Morgan fingerprint density at radius 2 is 2.05 bits per heavy atom. The van der Waals surface area contributed by atoms with Crippen molar-refractivity contribution in [3.8, 4) is 10.6 Å². The maximum Gasteiger partial charge on any atom is 0.284 e. The van der Waals surface area contributed by atoms with Crippen LogP contribution in [0.25, 0.3) is 10.6 Å². The van der Waals surface area contributed by atoms with Crippen LogP contribution in [0.1, 0.15) is 15.2 Å². The summed E-state index contributed by atoms with van der Waals surface area (Å²) in [5.74, 6) is -0.512. The Hall–Kier alpha value is -2.51. The van der Waals surface area contributed by atoms with Gasteiger partial charge in [0.1, 0.15) is 5.69 Å². The van der Waals surface area contributed by atoms with E-state index in [1.807, 2.05) is 35.1 Å². The topological polar surface area (TPSA) is 80.0 Å². The van der Waals surface area contributed by atoms with Crippen molar-refractivity contribution in [2.75, 3.05) is 0 Å². The molecule has 0 saturated heterocycles. The van der Waals surface area contributed by atoms with E-state index in [2.05, 4.69) is 10.1 Å². The van der Waals surface area contributed by atoms with E-state index in [9.17, 15) is 4.79 Å². The molecule has 1 amide bonds. The van der Waals surface area contributed by atoms with Gasteiger partial charge in [-0.15, -0.1) is 11.3 Å². The zero-order valence-corrected chi connectivity index (χ0v) is 11.7. The molecular weight excluding hydrogens is 288 g/mol. The summed E-state index contributed by atoms with van der Waals surface area (Å²) < 4.78 is 1.83. The van der Waals surface area contributed by atoms with Crippen LogP contribution in [0.5, 0.6) is 0 Å². The van der Waals surface area contributed by atoms with Crippen molar-refractivity contribution in [3.05, 3.63) is 59.4 Å². The molecule has 0 aliphatic heterocycles. The van der Waals surface area contributed by atoms with Crippen LogP contribution >= 0.6 is 11.3 Å². The minimum Gasteiger partial charge on any atom is -0.288 e. The molecule has 3 aromatic heterocycles. The number of amides is 1. The predicted octanol–water partition coefficient (Wildman–Crippen LogP) is 2.17. The Morgan fingerprint density at radius 1 is 1.24 bits per heavy atom. The molecule has 2 N–H and O–H groups in total. The number of hydrogen-bond donors (Lipinski definition) is 2. The molecule has 21 heavy (non-hydrogen) atoms. The molecule has 0 aliphatic carbocycles. The van der Waals surface area contributed by atoms with Crippen molar-refractivity contribution in [2.24, 2.45) is 0 Å². The summed E-state index contributed by atoms with van der Waals surface area (Å²) in [4.78, 5) is 16.6. The monoisotopic (exact) mass is 300 g/mol. The van der Waals surface area contributed by atoms with Crippen molar-refractivity contribution in [3.63, 3.8) is 0 Å². The Kier molecular flexibility index (Phi) is 3.76. The van der Waals surface area contributed by atoms with Gasteiger partial charge >= 0.3 is 0 Å². The molecule has 0 saturated carbocycles. The molecule has 0 fully saturated rings. The summed E-state index contributed by atoms with van der Waals surface area (Å²) in [5, 5.41) is 13.1. The molecule has 0 bridgehead atoms. The Bertz CT molecular complexity index is 751. The lowest BCUT2D eigenvalue weighted by Crippen LogP contribution is -2.16. The normalized spacial score (nSPS) is 10.5. The minimum atomic E-state index is -0.512. The first-order valence-electron chi connectivity index (χ1n) is 6.23. The van der Waals surface area contributed by atoms with Crippen LogP contribution < -0.4 is 5.48 Å². The van der Waals surface area contributed by atoms with Crippen LogP contribution in [-0.2, 0) is 6.54 Å². The second kappa shape index (κ2) is 5.86. The van der Waals surface area contributed by atoms with Crippen LogP contribution in [0.15, 0.2) is 48.9 Å². The molecular formula is C14H12N4O2S. The average Bonchev–Trinajstić information content (AvgIpc) is 3.16. The largest absolute Gasteiger partial charge is 0.288 e. The highest BCUT2D eigenvalue weighted by Gasteiger charge is 2.11. The van der Waals surface area contributed by atoms with E-state index in [0.717, 1.165) is 16.1 Å². The van der Waals surface area contributed by atoms with Crippen molar-refractivity contribution in [1.29, 1.82) is 0 Å². The summed E-state index contributed by atoms with van der Waals surface area (Å²) in [7, 11) is 0. The number of hydrogen-bond acceptors (Lipinski definition) is 5. The number of pyridine rings is 1. The summed E-state index contributed by atoms with van der Waals surface area (Å²) >= 11 is 1.28. The van der Waals surface area contributed by atoms with Crippen LogP contribution in [0.3, 0.4) is 0 Å². The lowest BCUT2D eigenvalue weighted by molar-refractivity contribution is 0.0711. The van der Waals surface area contributed by atoms with Gasteiger partial charge in [-0.05, 0) is 35.9 Å². The first-order chi connectivity index (χ1) is 10.3. The third-order valence-corrected chi connectivity index (χ3v) is 4.02. The number of nitrogens with one attached hydrogen (secondary N) is 1. The van der Waals surface area contributed by atoms with E-state index in [1.165, 1.54) is 11.3 Å². The maximum absolute atomic E-state index is 11.3. The molecule has 0 spiro atoms. The van der Waals surface area contributed by atoms with Gasteiger partial charge in [-0.2, -0.15) is 5.10 Å². The SMILES string of the molecule is O=C(NO)c1ccc(-c2ccn(Cc3ccncc3)n2)s1. The third kappa shape index (κ3) is 2.99. The van der Waals surface area contributed by atoms with E-state index in [4.69, 9.17) is 5.21 Å². The number of hydroxylamine groups is 1. The minimum absolute atomic E-state index is 0.441. The fourth-order valence-electron chi connectivity index (χ4n) is 1.91. The van der Waals surface area contributed by atoms with Crippen LogP contribution in [0.2, 0.25) is 0 Å². The molecule has 0 unspecified atom stereocenters. The van der Waals surface area contributed by atoms with Crippen molar-refractivity contribution in [1.82, 2.24) is 20.2 Å². The fraction of sp³-hybridized carbons (Fsp3) is 0.0714.